The molecular formula is C31H31F6N3O6S. The van der Waals surface area contributed by atoms with Gasteiger partial charge in [0.1, 0.15) is 0 Å². The predicted octanol–water partition coefficient (Wildman–Crippen LogP) is 6.31. The van der Waals surface area contributed by atoms with Crippen molar-refractivity contribution in [2.75, 3.05) is 11.3 Å². The molecule has 4 aromatic rings. The Labute approximate surface area is 265 Å². The summed E-state index contributed by atoms with van der Waals surface area (Å²) in [5, 5.41) is 21.8. The molecule has 1 atom stereocenters. The van der Waals surface area contributed by atoms with Gasteiger partial charge in [-0.1, -0.05) is 30.3 Å². The van der Waals surface area contributed by atoms with Crippen LogP contribution >= 0.6 is 0 Å². The maximum absolute atomic E-state index is 12.8. The van der Waals surface area contributed by atoms with Crippen LogP contribution in [0.1, 0.15) is 42.3 Å². The van der Waals surface area contributed by atoms with Crippen LogP contribution in [0.3, 0.4) is 0 Å². The summed E-state index contributed by atoms with van der Waals surface area (Å²) in [5.74, 6) is -4.63. The number of carbonyl (C=O) groups excluding carboxylic acids is 1. The van der Waals surface area contributed by atoms with Gasteiger partial charge in [-0.15, -0.1) is 0 Å². The number of aliphatic hydroxyl groups is 1. The van der Waals surface area contributed by atoms with Gasteiger partial charge in [-0.05, 0) is 74.4 Å². The molecule has 0 amide bonds. The van der Waals surface area contributed by atoms with Crippen molar-refractivity contribution in [2.24, 2.45) is 0 Å². The molecule has 47 heavy (non-hydrogen) atoms. The number of alkyl halides is 6. The maximum atomic E-state index is 12.8. The largest absolute Gasteiger partial charge is 0.490 e. The van der Waals surface area contributed by atoms with E-state index in [0.29, 0.717) is 35.1 Å². The summed E-state index contributed by atoms with van der Waals surface area (Å²) in [7, 11) is -3.77. The smallest absolute Gasteiger partial charge is 0.475 e. The van der Waals surface area contributed by atoms with Crippen LogP contribution in [0, 0.1) is 0 Å². The average molecular weight is 688 g/mol. The van der Waals surface area contributed by atoms with Crippen molar-refractivity contribution >= 4 is 38.4 Å². The second kappa shape index (κ2) is 14.6. The van der Waals surface area contributed by atoms with E-state index in [4.69, 9.17) is 9.90 Å². The quantitative estimate of drug-likeness (QED) is 0.107. The second-order valence-electron chi connectivity index (χ2n) is 11.0. The highest BCUT2D eigenvalue weighted by Gasteiger charge is 2.39. The molecule has 0 spiro atoms. The minimum atomic E-state index is -5.08. The molecule has 1 aromatic heterocycles. The number of sulfonamides is 1. The lowest BCUT2D eigenvalue weighted by atomic mass is 9.99. The highest BCUT2D eigenvalue weighted by molar-refractivity contribution is 7.92. The van der Waals surface area contributed by atoms with Gasteiger partial charge in [0.25, 0.3) is 15.8 Å². The lowest BCUT2D eigenvalue weighted by Crippen LogP contribution is -2.42. The molecule has 0 bridgehead atoms. The van der Waals surface area contributed by atoms with Crippen LogP contribution in [0.5, 0.6) is 0 Å². The Morgan fingerprint density at radius 3 is 2.11 bits per heavy atom. The molecule has 0 unspecified atom stereocenters. The van der Waals surface area contributed by atoms with Crippen molar-refractivity contribution in [3.05, 3.63) is 96.2 Å². The summed E-state index contributed by atoms with van der Waals surface area (Å²) in [6.07, 6.45) is -8.52. The minimum absolute atomic E-state index is 0.134. The molecule has 0 saturated carbocycles. The van der Waals surface area contributed by atoms with Crippen molar-refractivity contribution in [3.8, 4) is 0 Å². The molecule has 0 fully saturated rings. The van der Waals surface area contributed by atoms with Gasteiger partial charge in [0.2, 0.25) is 0 Å². The molecule has 9 nitrogen and oxygen atoms in total. The Hall–Kier alpha value is -4.41. The van der Waals surface area contributed by atoms with Crippen molar-refractivity contribution in [3.63, 3.8) is 0 Å². The third-order valence-electron chi connectivity index (χ3n) is 6.86. The maximum Gasteiger partial charge on any atom is 0.490 e. The number of hydrogen-bond acceptors (Lipinski definition) is 6. The number of aliphatic hydroxyl groups excluding tert-OH is 1. The van der Waals surface area contributed by atoms with Crippen LogP contribution in [0.4, 0.5) is 32.0 Å². The van der Waals surface area contributed by atoms with Gasteiger partial charge >= 0.3 is 18.3 Å². The van der Waals surface area contributed by atoms with E-state index in [1.54, 1.807) is 54.7 Å². The van der Waals surface area contributed by atoms with Gasteiger partial charge in [-0.3, -0.25) is 9.52 Å². The zero-order valence-corrected chi connectivity index (χ0v) is 25.7. The first kappa shape index (κ1) is 37.1. The number of benzene rings is 3. The SMILES string of the molecule is CC(C)(CCn1ccc2cc(C(=O)C(F)(F)F)ccc21)NC[C@H](O)c1cccc(NS(=O)(=O)c2ccccc2)c1.O=C(O)C(F)(F)F. The molecule has 1 heterocycles. The zero-order valence-electron chi connectivity index (χ0n) is 24.9. The van der Waals surface area contributed by atoms with Crippen LogP contribution in [0.15, 0.2) is 90.0 Å². The van der Waals surface area contributed by atoms with Gasteiger partial charge in [0.15, 0.2) is 0 Å². The Bertz CT molecular complexity index is 1810. The fourth-order valence-corrected chi connectivity index (χ4v) is 5.37. The number of nitrogens with zero attached hydrogens (tertiary/aromatic N) is 1. The summed E-state index contributed by atoms with van der Waals surface area (Å²) in [6.45, 7) is 4.69. The Morgan fingerprint density at radius 1 is 0.872 bits per heavy atom. The topological polar surface area (TPSA) is 138 Å². The number of β-amino-alcohol motifs (C(OH)–C–C–N with tert-alkyl or cyclic N) is 1. The number of rotatable bonds is 11. The molecule has 0 aliphatic rings. The van der Waals surface area contributed by atoms with E-state index in [-0.39, 0.29) is 11.4 Å². The Balaban J connectivity index is 0.000000771. The summed E-state index contributed by atoms with van der Waals surface area (Å²) in [6, 6.07) is 20.2. The monoisotopic (exact) mass is 687 g/mol. The number of Topliss-reactive ketones (excluding diaryl/α,β-unsaturated/α-hetero) is 1. The number of ketones is 1. The number of aliphatic carboxylic acids is 1. The normalized spacial score (nSPS) is 13.0. The molecule has 4 N–H and O–H groups in total. The van der Waals surface area contributed by atoms with Crippen LogP contribution in [0.25, 0.3) is 10.9 Å². The number of nitrogens with one attached hydrogen (secondary N) is 2. The van der Waals surface area contributed by atoms with Crippen LogP contribution in [-0.2, 0) is 21.4 Å². The Morgan fingerprint density at radius 2 is 1.51 bits per heavy atom. The molecule has 3 aromatic carbocycles. The standard InChI is InChI=1S/C29H30F3N3O4S.C2HF3O2/c1-28(2,14-16-35-15-13-20-17-22(11-12-25(20)35)27(37)29(30,31)32)33-19-26(36)21-7-6-8-23(18-21)34-40(38,39)24-9-4-3-5-10-24;3-2(4,5)1(6)7/h3-13,15,17-18,26,33-34,36H,14,16,19H2,1-2H3;(H,6,7)/t26-;/m0./s1. The predicted molar refractivity (Wildman–Crippen MR) is 161 cm³/mol. The molecule has 254 valence electrons. The number of aryl methyl sites for hydroxylation is 1. The summed E-state index contributed by atoms with van der Waals surface area (Å²) in [5.41, 5.74) is 0.766. The molecule has 0 radical (unpaired) electrons. The third-order valence-corrected chi connectivity index (χ3v) is 8.26. The molecule has 0 aliphatic carbocycles. The number of fused-ring (bicyclic) bond motifs is 1. The summed E-state index contributed by atoms with van der Waals surface area (Å²) in [4.78, 5) is 20.6. The first-order valence-corrected chi connectivity index (χ1v) is 15.3. The Kier molecular flexibility index (Phi) is 11.5. The fraction of sp³-hybridized carbons (Fsp3) is 0.290. The van der Waals surface area contributed by atoms with Crippen LogP contribution in [0.2, 0.25) is 0 Å². The zero-order chi connectivity index (χ0) is 35.2. The van der Waals surface area contributed by atoms with Gasteiger partial charge < -0.3 is 20.1 Å². The van der Waals surface area contributed by atoms with Crippen LogP contribution in [-0.4, -0.2) is 59.4 Å². The lowest BCUT2D eigenvalue weighted by Gasteiger charge is -2.28. The fourth-order valence-electron chi connectivity index (χ4n) is 4.30. The van der Waals surface area contributed by atoms with Gasteiger partial charge in [-0.2, -0.15) is 26.3 Å². The number of carboxylic acids is 1. The van der Waals surface area contributed by atoms with E-state index in [1.807, 2.05) is 18.4 Å². The van der Waals surface area contributed by atoms with Crippen molar-refractivity contribution in [1.29, 1.82) is 0 Å². The van der Waals surface area contributed by atoms with Gasteiger partial charge in [-0.25, -0.2) is 13.2 Å². The number of hydrogen-bond donors (Lipinski definition) is 4. The number of halogens is 6. The molecule has 0 saturated heterocycles. The van der Waals surface area contributed by atoms with E-state index < -0.39 is 51.3 Å². The van der Waals surface area contributed by atoms with Crippen LogP contribution < -0.4 is 10.0 Å². The first-order valence-electron chi connectivity index (χ1n) is 13.8. The van der Waals surface area contributed by atoms with E-state index in [2.05, 4.69) is 10.0 Å². The van der Waals surface area contributed by atoms with Crippen molar-refractivity contribution in [2.45, 2.75) is 55.7 Å². The van der Waals surface area contributed by atoms with E-state index in [1.165, 1.54) is 30.3 Å². The van der Waals surface area contributed by atoms with Gasteiger partial charge in [0.05, 0.1) is 11.0 Å². The third kappa shape index (κ3) is 10.6. The number of carboxylic acid groups (broad SMARTS) is 1. The number of aromatic nitrogens is 1. The number of carbonyl (C=O) groups is 2. The molecular weight excluding hydrogens is 656 g/mol. The average Bonchev–Trinajstić information content (AvgIpc) is 3.40. The van der Waals surface area contributed by atoms with E-state index in [0.717, 1.165) is 0 Å². The van der Waals surface area contributed by atoms with Crippen molar-refractivity contribution < 1.29 is 54.6 Å². The van der Waals surface area contributed by atoms with Crippen molar-refractivity contribution in [1.82, 2.24) is 9.88 Å². The van der Waals surface area contributed by atoms with Gasteiger partial charge in [0, 0.05) is 47.0 Å². The molecule has 16 heteroatoms. The number of anilines is 1. The minimum Gasteiger partial charge on any atom is -0.475 e. The summed E-state index contributed by atoms with van der Waals surface area (Å²) < 4.78 is 99.7. The first-order chi connectivity index (χ1) is 21.7. The van der Waals surface area contributed by atoms with E-state index >= 15 is 0 Å². The lowest BCUT2D eigenvalue weighted by molar-refractivity contribution is -0.192. The second-order valence-corrected chi connectivity index (χ2v) is 12.7. The highest BCUT2D eigenvalue weighted by Crippen LogP contribution is 2.26. The summed E-state index contributed by atoms with van der Waals surface area (Å²) >= 11 is 0. The van der Waals surface area contributed by atoms with E-state index in [9.17, 15) is 44.7 Å². The highest BCUT2D eigenvalue weighted by atomic mass is 32.2. The molecule has 0 aliphatic heterocycles. The molecule has 4 rings (SSSR count).